The number of piperazine rings is 1. The van der Waals surface area contributed by atoms with E-state index < -0.39 is 0 Å². The van der Waals surface area contributed by atoms with Crippen molar-refractivity contribution in [2.75, 3.05) is 31.5 Å². The van der Waals surface area contributed by atoms with Crippen LogP contribution in [0.1, 0.15) is 24.7 Å². The first-order chi connectivity index (χ1) is 13.0. The highest BCUT2D eigenvalue weighted by Gasteiger charge is 2.28. The molecule has 6 nitrogen and oxygen atoms in total. The first-order valence-electron chi connectivity index (χ1n) is 9.11. The van der Waals surface area contributed by atoms with E-state index >= 15 is 0 Å². The third-order valence-corrected chi connectivity index (χ3v) is 5.21. The van der Waals surface area contributed by atoms with Gasteiger partial charge in [-0.3, -0.25) is 14.6 Å². The SMILES string of the molecule is CCC(C(=O)Nc1cc(C)on1)N1CCN(Cc2c(F)cccc2Cl)CC1. The van der Waals surface area contributed by atoms with Crippen molar-refractivity contribution in [2.45, 2.75) is 32.9 Å². The van der Waals surface area contributed by atoms with Crippen molar-refractivity contribution in [3.05, 3.63) is 46.4 Å². The number of benzene rings is 1. The van der Waals surface area contributed by atoms with Crippen molar-refractivity contribution < 1.29 is 13.7 Å². The van der Waals surface area contributed by atoms with Crippen molar-refractivity contribution >= 4 is 23.3 Å². The molecule has 1 N–H and O–H groups in total. The highest BCUT2D eigenvalue weighted by Crippen LogP contribution is 2.22. The minimum atomic E-state index is -0.279. The number of carbonyl (C=O) groups is 1. The van der Waals surface area contributed by atoms with Crippen LogP contribution in [0.5, 0.6) is 0 Å². The number of carbonyl (C=O) groups excluding carboxylic acids is 1. The highest BCUT2D eigenvalue weighted by atomic mass is 35.5. The molecule has 27 heavy (non-hydrogen) atoms. The van der Waals surface area contributed by atoms with Gasteiger partial charge in [0, 0.05) is 49.4 Å². The fourth-order valence-corrected chi connectivity index (χ4v) is 3.61. The largest absolute Gasteiger partial charge is 0.360 e. The summed E-state index contributed by atoms with van der Waals surface area (Å²) in [7, 11) is 0. The minimum absolute atomic E-state index is 0.0867. The molecule has 1 aromatic heterocycles. The standard InChI is InChI=1S/C19H24ClFN4O2/c1-3-17(19(26)22-18-11-13(2)27-23-18)25-9-7-24(8-10-25)12-14-15(20)5-4-6-16(14)21/h4-6,11,17H,3,7-10,12H2,1-2H3,(H,22,23,26). The Morgan fingerprint density at radius 3 is 2.70 bits per heavy atom. The van der Waals surface area contributed by atoms with Gasteiger partial charge in [-0.25, -0.2) is 4.39 Å². The van der Waals surface area contributed by atoms with Gasteiger partial charge in [-0.1, -0.05) is 29.7 Å². The molecule has 1 saturated heterocycles. The van der Waals surface area contributed by atoms with Gasteiger partial charge in [-0.15, -0.1) is 0 Å². The zero-order chi connectivity index (χ0) is 19.4. The molecule has 1 aliphatic rings. The molecule has 0 radical (unpaired) electrons. The van der Waals surface area contributed by atoms with E-state index in [-0.39, 0.29) is 17.8 Å². The molecule has 0 spiro atoms. The number of halogens is 2. The van der Waals surface area contributed by atoms with Gasteiger partial charge in [0.1, 0.15) is 11.6 Å². The van der Waals surface area contributed by atoms with Crippen molar-refractivity contribution in [1.29, 1.82) is 0 Å². The van der Waals surface area contributed by atoms with E-state index in [1.165, 1.54) is 6.07 Å². The molecule has 0 saturated carbocycles. The lowest BCUT2D eigenvalue weighted by molar-refractivity contribution is -0.122. The molecule has 1 fully saturated rings. The van der Waals surface area contributed by atoms with Gasteiger partial charge in [0.2, 0.25) is 5.91 Å². The number of amides is 1. The smallest absolute Gasteiger partial charge is 0.242 e. The van der Waals surface area contributed by atoms with Gasteiger partial charge in [-0.05, 0) is 25.5 Å². The Kier molecular flexibility index (Phi) is 6.46. The number of rotatable bonds is 6. The first kappa shape index (κ1) is 19.8. The van der Waals surface area contributed by atoms with Crippen LogP contribution in [-0.2, 0) is 11.3 Å². The van der Waals surface area contributed by atoms with Crippen molar-refractivity contribution in [3.63, 3.8) is 0 Å². The molecule has 3 rings (SSSR count). The molecule has 2 aromatic rings. The van der Waals surface area contributed by atoms with E-state index in [4.69, 9.17) is 16.1 Å². The molecule has 2 heterocycles. The fourth-order valence-electron chi connectivity index (χ4n) is 3.38. The third-order valence-electron chi connectivity index (χ3n) is 4.86. The van der Waals surface area contributed by atoms with Crippen LogP contribution in [0.3, 0.4) is 0 Å². The minimum Gasteiger partial charge on any atom is -0.360 e. The molecule has 1 atom stereocenters. The summed E-state index contributed by atoms with van der Waals surface area (Å²) in [6, 6.07) is 6.21. The molecule has 1 aliphatic heterocycles. The van der Waals surface area contributed by atoms with Crippen LogP contribution < -0.4 is 5.32 Å². The fraction of sp³-hybridized carbons (Fsp3) is 0.474. The normalized spacial score (nSPS) is 17.0. The zero-order valence-corrected chi connectivity index (χ0v) is 16.3. The summed E-state index contributed by atoms with van der Waals surface area (Å²) in [5.41, 5.74) is 0.527. The topological polar surface area (TPSA) is 61.6 Å². The van der Waals surface area contributed by atoms with Gasteiger partial charge in [0.05, 0.1) is 6.04 Å². The predicted octanol–water partition coefficient (Wildman–Crippen LogP) is 3.31. The third kappa shape index (κ3) is 4.86. The summed E-state index contributed by atoms with van der Waals surface area (Å²) >= 11 is 6.13. The second kappa shape index (κ2) is 8.82. The van der Waals surface area contributed by atoms with Crippen molar-refractivity contribution in [2.24, 2.45) is 0 Å². The Morgan fingerprint density at radius 1 is 1.37 bits per heavy atom. The Bertz CT molecular complexity index is 770. The molecule has 0 bridgehead atoms. The summed E-state index contributed by atoms with van der Waals surface area (Å²) in [4.78, 5) is 16.9. The number of nitrogens with zero attached hydrogens (tertiary/aromatic N) is 3. The molecular weight excluding hydrogens is 371 g/mol. The molecule has 1 unspecified atom stereocenters. The second-order valence-corrected chi connectivity index (χ2v) is 7.16. The summed E-state index contributed by atoms with van der Waals surface area (Å²) in [5.74, 6) is 0.720. The molecule has 0 aliphatic carbocycles. The molecule has 1 amide bonds. The maximum absolute atomic E-state index is 14.0. The number of hydrogen-bond acceptors (Lipinski definition) is 5. The van der Waals surface area contributed by atoms with Crippen LogP contribution in [0.15, 0.2) is 28.8 Å². The average Bonchev–Trinajstić information content (AvgIpc) is 3.05. The van der Waals surface area contributed by atoms with Crippen LogP contribution >= 0.6 is 11.6 Å². The maximum atomic E-state index is 14.0. The number of hydrogen-bond donors (Lipinski definition) is 1. The Labute approximate surface area is 163 Å². The summed E-state index contributed by atoms with van der Waals surface area (Å²) < 4.78 is 19.0. The Hall–Kier alpha value is -1.96. The van der Waals surface area contributed by atoms with Crippen LogP contribution in [-0.4, -0.2) is 53.1 Å². The molecule has 146 valence electrons. The summed E-state index contributed by atoms with van der Waals surface area (Å²) in [6.07, 6.45) is 0.696. The zero-order valence-electron chi connectivity index (χ0n) is 15.5. The van der Waals surface area contributed by atoms with E-state index in [0.29, 0.717) is 35.1 Å². The van der Waals surface area contributed by atoms with Gasteiger partial charge >= 0.3 is 0 Å². The van der Waals surface area contributed by atoms with Gasteiger partial charge in [-0.2, -0.15) is 0 Å². The lowest BCUT2D eigenvalue weighted by atomic mass is 10.1. The van der Waals surface area contributed by atoms with E-state index in [9.17, 15) is 9.18 Å². The van der Waals surface area contributed by atoms with Gasteiger partial charge < -0.3 is 9.84 Å². The van der Waals surface area contributed by atoms with E-state index in [1.807, 2.05) is 6.92 Å². The number of aryl methyl sites for hydroxylation is 1. The van der Waals surface area contributed by atoms with Crippen molar-refractivity contribution in [3.8, 4) is 0 Å². The number of nitrogens with one attached hydrogen (secondary N) is 1. The van der Waals surface area contributed by atoms with Crippen LogP contribution in [0, 0.1) is 12.7 Å². The van der Waals surface area contributed by atoms with E-state index in [2.05, 4.69) is 20.3 Å². The van der Waals surface area contributed by atoms with E-state index in [0.717, 1.165) is 26.2 Å². The van der Waals surface area contributed by atoms with Gasteiger partial charge in [0.25, 0.3) is 0 Å². The Morgan fingerprint density at radius 2 is 2.11 bits per heavy atom. The lowest BCUT2D eigenvalue weighted by Crippen LogP contribution is -2.53. The van der Waals surface area contributed by atoms with Crippen LogP contribution in [0.2, 0.25) is 5.02 Å². The Balaban J connectivity index is 1.56. The highest BCUT2D eigenvalue weighted by molar-refractivity contribution is 6.31. The predicted molar refractivity (Wildman–Crippen MR) is 102 cm³/mol. The lowest BCUT2D eigenvalue weighted by Gasteiger charge is -2.38. The molecule has 8 heteroatoms. The van der Waals surface area contributed by atoms with Crippen LogP contribution in [0.4, 0.5) is 10.2 Å². The quantitative estimate of drug-likeness (QED) is 0.814. The van der Waals surface area contributed by atoms with Crippen LogP contribution in [0.25, 0.3) is 0 Å². The molecule has 1 aromatic carbocycles. The van der Waals surface area contributed by atoms with E-state index in [1.54, 1.807) is 25.1 Å². The molecular formula is C19H24ClFN4O2. The summed E-state index contributed by atoms with van der Waals surface area (Å²) in [5, 5.41) is 7.07. The number of aromatic nitrogens is 1. The average molecular weight is 395 g/mol. The van der Waals surface area contributed by atoms with Crippen molar-refractivity contribution in [1.82, 2.24) is 15.0 Å². The maximum Gasteiger partial charge on any atom is 0.242 e. The second-order valence-electron chi connectivity index (χ2n) is 6.75. The number of anilines is 1. The monoisotopic (exact) mass is 394 g/mol. The van der Waals surface area contributed by atoms with Gasteiger partial charge in [0.15, 0.2) is 5.82 Å². The first-order valence-corrected chi connectivity index (χ1v) is 9.49. The summed E-state index contributed by atoms with van der Waals surface area (Å²) in [6.45, 7) is 7.20.